The molecule has 7 heavy (non-hydrogen) atoms. The van der Waals surface area contributed by atoms with Crippen LogP contribution in [0.2, 0.25) is 0 Å². The van der Waals surface area contributed by atoms with Crippen LogP contribution >= 0.6 is 0 Å². The Balaban J connectivity index is 0. The van der Waals surface area contributed by atoms with Crippen LogP contribution in [0.5, 0.6) is 0 Å². The summed E-state index contributed by atoms with van der Waals surface area (Å²) >= 11 is 0. The van der Waals surface area contributed by atoms with E-state index in [0.29, 0.717) is 0 Å². The van der Waals surface area contributed by atoms with Crippen LogP contribution in [0.25, 0.3) is 0 Å². The molecule has 0 heterocycles. The molecule has 0 aliphatic heterocycles. The van der Waals surface area contributed by atoms with Crippen molar-refractivity contribution in [1.29, 1.82) is 0 Å². The number of rotatable bonds is 0. The fourth-order valence-corrected chi connectivity index (χ4v) is 0. The first-order valence-electron chi connectivity index (χ1n) is 0. The summed E-state index contributed by atoms with van der Waals surface area (Å²) in [5.41, 5.74) is 0. The van der Waals surface area contributed by atoms with E-state index in [-0.39, 0.29) is 109 Å². The van der Waals surface area contributed by atoms with Crippen LogP contribution in [-0.4, -0.2) is 0 Å². The molecule has 52 valence electrons. The average Bonchev–Trinajstić information content (AvgIpc) is 0. The van der Waals surface area contributed by atoms with E-state index in [4.69, 9.17) is 0 Å². The monoisotopic (exact) mass is 321 g/mol. The first-order valence-corrected chi connectivity index (χ1v) is 0. The zero-order valence-corrected chi connectivity index (χ0v) is 9.62. The Morgan fingerprint density at radius 2 is 0.571 bits per heavy atom. The van der Waals surface area contributed by atoms with Gasteiger partial charge in [-0.1, -0.05) is 0 Å². The van der Waals surface area contributed by atoms with Crippen molar-refractivity contribution in [1.82, 2.24) is 0 Å². The van der Waals surface area contributed by atoms with Crippen molar-refractivity contribution in [2.24, 2.45) is 0 Å². The van der Waals surface area contributed by atoms with E-state index in [1.807, 2.05) is 0 Å². The second-order valence-electron chi connectivity index (χ2n) is 0. The van der Waals surface area contributed by atoms with Gasteiger partial charge in [0.05, 0.1) is 0 Å². The zero-order chi connectivity index (χ0) is 0. The van der Waals surface area contributed by atoms with Crippen molar-refractivity contribution in [2.75, 3.05) is 0 Å². The molecule has 0 saturated heterocycles. The fourth-order valence-electron chi connectivity index (χ4n) is 0. The number of hydrogen-bond donors (Lipinski definition) is 0. The third kappa shape index (κ3) is 47.4. The maximum atomic E-state index is 0. The largest absolute Gasteiger partial charge is 2.00 e. The molecule has 0 fully saturated rings. The van der Waals surface area contributed by atoms with Gasteiger partial charge in [0.15, 0.2) is 0 Å². The number of hydrogen-bond acceptors (Lipinski definition) is 3. The van der Waals surface area contributed by atoms with E-state index < -0.39 is 0 Å². The molecule has 0 aliphatic carbocycles. The van der Waals surface area contributed by atoms with Gasteiger partial charge in [0.1, 0.15) is 0 Å². The van der Waals surface area contributed by atoms with E-state index in [0.717, 1.165) is 0 Å². The van der Waals surface area contributed by atoms with Crippen LogP contribution in [0.1, 0.15) is 0 Å². The minimum atomic E-state index is 0. The van der Waals surface area contributed by atoms with E-state index >= 15 is 0 Å². The number of thiol groups is 1. The molecule has 0 unspecified atom stereocenters. The zero-order valence-electron chi connectivity index (χ0n) is 2.68. The topological polar surface area (TPSA) is 0 Å². The minimum Gasteiger partial charge on any atom is -1.00 e. The first kappa shape index (κ1) is 86.2. The SMILES string of the molecule is [Fe+2].[Fe].[Fe].[Fe].[S-].[S-].[SH-]. The summed E-state index contributed by atoms with van der Waals surface area (Å²) in [6, 6.07) is 0. The van der Waals surface area contributed by atoms with Gasteiger partial charge in [0.2, 0.25) is 0 Å². The minimum absolute atomic E-state index is 0. The third-order valence-electron chi connectivity index (χ3n) is 0. The summed E-state index contributed by atoms with van der Waals surface area (Å²) < 4.78 is 0. The second kappa shape index (κ2) is 61.6. The Kier molecular flexibility index (Phi) is 759. The fraction of sp³-hybridized carbons (Fsp3) is 0. The maximum Gasteiger partial charge on any atom is 2.00 e. The van der Waals surface area contributed by atoms with Gasteiger partial charge in [0.25, 0.3) is 0 Å². The molecule has 7 heteroatoms. The van der Waals surface area contributed by atoms with E-state index in [1.165, 1.54) is 0 Å². The standard InChI is InChI=1S/4Fe.H2S.2S/h;;;;1H2;;/q;;;+2;;2*-1/p-1. The molecule has 0 aromatic rings. The van der Waals surface area contributed by atoms with E-state index in [9.17, 15) is 0 Å². The molecule has 0 saturated carbocycles. The molecule has 0 amide bonds. The van der Waals surface area contributed by atoms with E-state index in [2.05, 4.69) is 0 Å². The van der Waals surface area contributed by atoms with Crippen LogP contribution < -0.4 is 0 Å². The summed E-state index contributed by atoms with van der Waals surface area (Å²) in [4.78, 5) is 0. The van der Waals surface area contributed by atoms with Crippen LogP contribution in [0.4, 0.5) is 0 Å². The molecule has 0 spiro atoms. The molecular weight excluding hydrogens is 320 g/mol. The van der Waals surface area contributed by atoms with Crippen molar-refractivity contribution >= 4 is 40.5 Å². The summed E-state index contributed by atoms with van der Waals surface area (Å²) in [5.74, 6) is 0. The van der Waals surface area contributed by atoms with Gasteiger partial charge >= 0.3 is 17.1 Å². The molecule has 0 aliphatic rings. The quantitative estimate of drug-likeness (QED) is 0.336. The molecular formula is HFe4S3-. The Labute approximate surface area is 107 Å². The molecule has 0 aromatic heterocycles. The summed E-state index contributed by atoms with van der Waals surface area (Å²) in [6.45, 7) is 0. The van der Waals surface area contributed by atoms with Gasteiger partial charge in [-0.25, -0.2) is 0 Å². The average molecular weight is 321 g/mol. The van der Waals surface area contributed by atoms with Crippen LogP contribution in [-0.2, 0) is 109 Å². The van der Waals surface area contributed by atoms with Gasteiger partial charge in [-0.2, -0.15) is 0 Å². The normalized spacial score (nSPS) is 0. The summed E-state index contributed by atoms with van der Waals surface area (Å²) in [7, 11) is 0. The summed E-state index contributed by atoms with van der Waals surface area (Å²) in [5, 5.41) is 0. The molecule has 0 rings (SSSR count). The second-order valence-corrected chi connectivity index (χ2v) is 0. The van der Waals surface area contributed by atoms with Crippen molar-refractivity contribution in [3.8, 4) is 0 Å². The molecule has 0 atom stereocenters. The van der Waals surface area contributed by atoms with Gasteiger partial charge in [-0.3, -0.25) is 0 Å². The van der Waals surface area contributed by atoms with Crippen molar-refractivity contribution in [2.45, 2.75) is 0 Å². The molecule has 0 aromatic carbocycles. The smallest absolute Gasteiger partial charge is 1.00 e. The van der Waals surface area contributed by atoms with Crippen LogP contribution in [0.15, 0.2) is 0 Å². The van der Waals surface area contributed by atoms with Crippen molar-refractivity contribution in [3.63, 3.8) is 0 Å². The van der Waals surface area contributed by atoms with Gasteiger partial charge < -0.3 is 40.5 Å². The predicted octanol–water partition coefficient (Wildman–Crippen LogP) is -0.285. The van der Waals surface area contributed by atoms with Gasteiger partial charge in [0, 0.05) is 51.2 Å². The third-order valence-corrected chi connectivity index (χ3v) is 0. The van der Waals surface area contributed by atoms with Gasteiger partial charge in [-0.15, -0.1) is 0 Å². The molecule has 2 radical (unpaired) electrons. The van der Waals surface area contributed by atoms with Crippen molar-refractivity contribution < 1.29 is 68.3 Å². The Bertz CT molecular complexity index is 6.90. The maximum absolute atomic E-state index is 0. The molecule has 0 bridgehead atoms. The molecule has 0 nitrogen and oxygen atoms in total. The Morgan fingerprint density at radius 1 is 0.571 bits per heavy atom. The Hall–Kier alpha value is 3.13. The van der Waals surface area contributed by atoms with Crippen LogP contribution in [0.3, 0.4) is 0 Å². The van der Waals surface area contributed by atoms with Crippen molar-refractivity contribution in [3.05, 3.63) is 0 Å². The first-order chi connectivity index (χ1) is 0. The molecule has 0 N–H and O–H groups in total. The van der Waals surface area contributed by atoms with E-state index in [1.54, 1.807) is 0 Å². The summed E-state index contributed by atoms with van der Waals surface area (Å²) in [6.07, 6.45) is 0. The van der Waals surface area contributed by atoms with Gasteiger partial charge in [-0.05, 0) is 0 Å². The predicted molar refractivity (Wildman–Crippen MR) is 23.5 cm³/mol. The van der Waals surface area contributed by atoms with Crippen LogP contribution in [0, 0.1) is 0 Å². The Morgan fingerprint density at radius 3 is 0.571 bits per heavy atom.